The average molecular weight is 423 g/mol. The molecule has 1 N–H and O–H groups in total. The van der Waals surface area contributed by atoms with E-state index in [1.807, 2.05) is 43.3 Å². The van der Waals surface area contributed by atoms with Crippen LogP contribution in [0.1, 0.15) is 17.5 Å². The van der Waals surface area contributed by atoms with Crippen LogP contribution in [0.3, 0.4) is 0 Å². The first kappa shape index (κ1) is 21.2. The molecule has 0 aliphatic heterocycles. The van der Waals surface area contributed by atoms with Crippen molar-refractivity contribution < 1.29 is 14.3 Å². The first-order valence-electron chi connectivity index (χ1n) is 9.31. The molecular weight excluding hydrogens is 400 g/mol. The maximum atomic E-state index is 12.7. The van der Waals surface area contributed by atoms with Crippen LogP contribution in [0.4, 0.5) is 5.13 Å². The smallest absolute Gasteiger partial charge is 0.259 e. The molecule has 1 aromatic heterocycles. The lowest BCUT2D eigenvalue weighted by atomic mass is 10.1. The van der Waals surface area contributed by atoms with E-state index in [1.54, 1.807) is 32.4 Å². The van der Waals surface area contributed by atoms with Gasteiger partial charge >= 0.3 is 0 Å². The number of methoxy groups -OCH3 is 1. The number of carbonyl (C=O) groups is 1. The van der Waals surface area contributed by atoms with Gasteiger partial charge in [0.05, 0.1) is 12.7 Å². The summed E-state index contributed by atoms with van der Waals surface area (Å²) in [5, 5.41) is 12.1. The number of hydrogen-bond acceptors (Lipinski definition) is 7. The van der Waals surface area contributed by atoms with E-state index in [0.717, 1.165) is 17.0 Å². The van der Waals surface area contributed by atoms with E-state index >= 15 is 0 Å². The summed E-state index contributed by atoms with van der Waals surface area (Å²) in [4.78, 5) is 16.7. The molecule has 154 valence electrons. The summed E-state index contributed by atoms with van der Waals surface area (Å²) in [6.07, 6.45) is 3.99. The van der Waals surface area contributed by atoms with Gasteiger partial charge in [0.2, 0.25) is 5.13 Å². The molecule has 8 heteroatoms. The van der Waals surface area contributed by atoms with Gasteiger partial charge in [-0.25, -0.2) is 0 Å². The second kappa shape index (κ2) is 10.3. The molecule has 7 nitrogen and oxygen atoms in total. The molecule has 1 heterocycles. The van der Waals surface area contributed by atoms with Gasteiger partial charge in [-0.15, -0.1) is 10.2 Å². The molecule has 2 aromatic carbocycles. The van der Waals surface area contributed by atoms with E-state index < -0.39 is 0 Å². The molecule has 0 saturated heterocycles. The van der Waals surface area contributed by atoms with Crippen LogP contribution in [0, 0.1) is 0 Å². The van der Waals surface area contributed by atoms with Crippen molar-refractivity contribution in [2.75, 3.05) is 19.5 Å². The Morgan fingerprint density at radius 1 is 1.17 bits per heavy atom. The van der Waals surface area contributed by atoms with E-state index in [-0.39, 0.29) is 5.91 Å². The van der Waals surface area contributed by atoms with E-state index in [2.05, 4.69) is 20.5 Å². The third-order valence-electron chi connectivity index (χ3n) is 4.00. The largest absolute Gasteiger partial charge is 0.493 e. The van der Waals surface area contributed by atoms with Crippen LogP contribution in [0.25, 0.3) is 6.08 Å². The number of nitrogens with zero attached hydrogens (tertiary/aromatic N) is 3. The first-order chi connectivity index (χ1) is 14.6. The minimum Gasteiger partial charge on any atom is -0.493 e. The fourth-order valence-electron chi connectivity index (χ4n) is 2.57. The molecule has 1 amide bonds. The third-order valence-corrected chi connectivity index (χ3v) is 4.98. The Labute approximate surface area is 179 Å². The van der Waals surface area contributed by atoms with E-state index in [4.69, 9.17) is 9.47 Å². The lowest BCUT2D eigenvalue weighted by molar-refractivity contribution is -0.112. The molecule has 0 aliphatic rings. The molecule has 0 saturated carbocycles. The number of aryl methyl sites for hydroxylation is 1. The summed E-state index contributed by atoms with van der Waals surface area (Å²) < 4.78 is 11.3. The van der Waals surface area contributed by atoms with Crippen molar-refractivity contribution in [1.82, 2.24) is 10.2 Å². The molecule has 0 spiro atoms. The summed E-state index contributed by atoms with van der Waals surface area (Å²) >= 11 is 1.35. The monoisotopic (exact) mass is 422 g/mol. The Kier molecular flexibility index (Phi) is 7.29. The number of para-hydroxylation sites is 1. The molecule has 3 aromatic rings. The fourth-order valence-corrected chi connectivity index (χ4v) is 3.24. The van der Waals surface area contributed by atoms with Crippen molar-refractivity contribution in [3.05, 3.63) is 64.7 Å². The average Bonchev–Trinajstić information content (AvgIpc) is 3.22. The van der Waals surface area contributed by atoms with Gasteiger partial charge in [0.15, 0.2) is 11.5 Å². The van der Waals surface area contributed by atoms with E-state index in [0.29, 0.717) is 28.0 Å². The van der Waals surface area contributed by atoms with Crippen LogP contribution < -0.4 is 14.8 Å². The molecule has 0 fully saturated rings. The highest BCUT2D eigenvalue weighted by Gasteiger charge is 2.13. The molecule has 30 heavy (non-hydrogen) atoms. The second-order valence-electron chi connectivity index (χ2n) is 6.12. The van der Waals surface area contributed by atoms with Crippen LogP contribution in [-0.2, 0) is 11.2 Å². The molecule has 0 atom stereocenters. The topological polar surface area (TPSA) is 85.7 Å². The zero-order valence-electron chi connectivity index (χ0n) is 17.0. The molecule has 0 bridgehead atoms. The number of amides is 1. The third kappa shape index (κ3) is 5.51. The number of rotatable bonds is 8. The van der Waals surface area contributed by atoms with Crippen molar-refractivity contribution >= 4 is 34.7 Å². The Balaban J connectivity index is 1.83. The lowest BCUT2D eigenvalue weighted by Crippen LogP contribution is -2.15. The number of hydrogen-bond donors (Lipinski definition) is 1. The molecular formula is C22H22N4O3S. The van der Waals surface area contributed by atoms with Gasteiger partial charge in [0.1, 0.15) is 10.8 Å². The van der Waals surface area contributed by atoms with Crippen molar-refractivity contribution in [2.45, 2.75) is 13.3 Å². The van der Waals surface area contributed by atoms with Crippen molar-refractivity contribution in [1.29, 1.82) is 0 Å². The zero-order chi connectivity index (χ0) is 21.3. The van der Waals surface area contributed by atoms with Gasteiger partial charge in [-0.05, 0) is 42.3 Å². The number of aromatic nitrogens is 2. The van der Waals surface area contributed by atoms with Crippen LogP contribution in [0.5, 0.6) is 17.2 Å². The van der Waals surface area contributed by atoms with Crippen LogP contribution in [-0.4, -0.2) is 36.5 Å². The SMILES string of the molecule is CCc1nnc(NC(=O)/C(C=NC)=C\c2ccc(Oc3ccccc3)c(OC)c2)s1. The summed E-state index contributed by atoms with van der Waals surface area (Å²) in [7, 11) is 3.18. The van der Waals surface area contributed by atoms with Crippen molar-refractivity contribution in [2.24, 2.45) is 4.99 Å². The van der Waals surface area contributed by atoms with Crippen LogP contribution >= 0.6 is 11.3 Å². The predicted octanol–water partition coefficient (Wildman–Crippen LogP) is 4.62. The van der Waals surface area contributed by atoms with Gasteiger partial charge in [-0.2, -0.15) is 0 Å². The van der Waals surface area contributed by atoms with Gasteiger partial charge in [0.25, 0.3) is 5.91 Å². The van der Waals surface area contributed by atoms with Crippen LogP contribution in [0.2, 0.25) is 0 Å². The summed E-state index contributed by atoms with van der Waals surface area (Å²) in [6.45, 7) is 1.99. The number of carbonyl (C=O) groups excluding carboxylic acids is 1. The summed E-state index contributed by atoms with van der Waals surface area (Å²) in [5.74, 6) is 1.53. The Hall–Kier alpha value is -3.52. The second-order valence-corrected chi connectivity index (χ2v) is 7.18. The highest BCUT2D eigenvalue weighted by molar-refractivity contribution is 7.15. The number of benzene rings is 2. The molecule has 0 unspecified atom stereocenters. The molecule has 0 aliphatic carbocycles. The Morgan fingerprint density at radius 2 is 1.97 bits per heavy atom. The van der Waals surface area contributed by atoms with E-state index in [1.165, 1.54) is 17.6 Å². The fraction of sp³-hybridized carbons (Fsp3) is 0.182. The van der Waals surface area contributed by atoms with Gasteiger partial charge in [0, 0.05) is 13.3 Å². The number of anilines is 1. The highest BCUT2D eigenvalue weighted by Crippen LogP contribution is 2.32. The van der Waals surface area contributed by atoms with Crippen molar-refractivity contribution in [3.8, 4) is 17.2 Å². The van der Waals surface area contributed by atoms with Crippen molar-refractivity contribution in [3.63, 3.8) is 0 Å². The maximum Gasteiger partial charge on any atom is 0.259 e. The van der Waals surface area contributed by atoms with Gasteiger partial charge in [-0.1, -0.05) is 42.5 Å². The maximum absolute atomic E-state index is 12.7. The standard InChI is InChI=1S/C22H22N4O3S/c1-4-20-25-26-22(30-20)24-21(27)16(14-23-2)12-15-10-11-18(19(13-15)28-3)29-17-8-6-5-7-9-17/h5-14H,4H2,1-3H3,(H,24,26,27)/b16-12-,23-14?. The summed E-state index contributed by atoms with van der Waals surface area (Å²) in [5.41, 5.74) is 1.15. The molecule has 3 rings (SSSR count). The normalized spacial score (nSPS) is 11.5. The van der Waals surface area contributed by atoms with E-state index in [9.17, 15) is 4.79 Å². The number of nitrogens with one attached hydrogen (secondary N) is 1. The lowest BCUT2D eigenvalue weighted by Gasteiger charge is -2.11. The summed E-state index contributed by atoms with van der Waals surface area (Å²) in [6, 6.07) is 14.9. The molecule has 0 radical (unpaired) electrons. The highest BCUT2D eigenvalue weighted by atomic mass is 32.1. The Morgan fingerprint density at radius 3 is 2.63 bits per heavy atom. The minimum absolute atomic E-state index is 0.317. The number of ether oxygens (including phenoxy) is 2. The Bertz CT molecular complexity index is 1060. The predicted molar refractivity (Wildman–Crippen MR) is 120 cm³/mol. The van der Waals surface area contributed by atoms with Crippen LogP contribution in [0.15, 0.2) is 59.1 Å². The zero-order valence-corrected chi connectivity index (χ0v) is 17.8. The van der Waals surface area contributed by atoms with Gasteiger partial charge in [-0.3, -0.25) is 15.1 Å². The van der Waals surface area contributed by atoms with Gasteiger partial charge < -0.3 is 9.47 Å². The first-order valence-corrected chi connectivity index (χ1v) is 10.1. The minimum atomic E-state index is -0.317. The quantitative estimate of drug-likeness (QED) is 0.423. The number of aliphatic imine (C=N–C) groups is 1.